The van der Waals surface area contributed by atoms with E-state index in [-0.39, 0.29) is 24.1 Å². The molecule has 2 rings (SSSR count). The van der Waals surface area contributed by atoms with Crippen molar-refractivity contribution in [2.75, 3.05) is 17.2 Å². The van der Waals surface area contributed by atoms with Crippen molar-refractivity contribution in [3.63, 3.8) is 0 Å². The number of rotatable bonds is 5. The lowest BCUT2D eigenvalue weighted by molar-refractivity contribution is -0.114. The van der Waals surface area contributed by atoms with E-state index in [0.29, 0.717) is 28.2 Å². The van der Waals surface area contributed by atoms with Crippen molar-refractivity contribution in [2.24, 2.45) is 0 Å². The second-order valence-electron chi connectivity index (χ2n) is 5.56. The number of carbonyl (C=O) groups is 3. The summed E-state index contributed by atoms with van der Waals surface area (Å²) in [4.78, 5) is 38.6. The molecule has 0 saturated carbocycles. The van der Waals surface area contributed by atoms with Crippen LogP contribution in [0.5, 0.6) is 0 Å². The largest absolute Gasteiger partial charge is 0.461 e. The zero-order valence-electron chi connectivity index (χ0n) is 14.6. The first-order valence-corrected chi connectivity index (χ1v) is 7.88. The molecule has 1 aromatic carbocycles. The summed E-state index contributed by atoms with van der Waals surface area (Å²) in [6.45, 7) is 6.80. The second kappa shape index (κ2) is 7.65. The summed E-state index contributed by atoms with van der Waals surface area (Å²) in [5.41, 5.74) is 2.90. The van der Waals surface area contributed by atoms with Crippen molar-refractivity contribution < 1.29 is 19.1 Å². The van der Waals surface area contributed by atoms with Gasteiger partial charge < -0.3 is 20.4 Å². The Morgan fingerprint density at radius 1 is 1.12 bits per heavy atom. The van der Waals surface area contributed by atoms with Crippen LogP contribution in [0.4, 0.5) is 11.4 Å². The molecule has 1 heterocycles. The van der Waals surface area contributed by atoms with Gasteiger partial charge in [0.05, 0.1) is 12.2 Å². The number of benzene rings is 1. The molecule has 2 aromatic rings. The number of amides is 2. The molecule has 3 N–H and O–H groups in total. The van der Waals surface area contributed by atoms with Gasteiger partial charge in [-0.15, -0.1) is 0 Å². The average molecular weight is 343 g/mol. The lowest BCUT2D eigenvalue weighted by atomic mass is 10.1. The summed E-state index contributed by atoms with van der Waals surface area (Å²) in [7, 11) is 0. The highest BCUT2D eigenvalue weighted by molar-refractivity contribution is 6.08. The number of aromatic nitrogens is 1. The number of hydrogen-bond donors (Lipinski definition) is 3. The van der Waals surface area contributed by atoms with Gasteiger partial charge in [0.2, 0.25) is 5.91 Å². The summed E-state index contributed by atoms with van der Waals surface area (Å²) in [5.74, 6) is -1.03. The molecular weight excluding hydrogens is 322 g/mol. The van der Waals surface area contributed by atoms with Gasteiger partial charge in [-0.25, -0.2) is 4.79 Å². The molecule has 132 valence electrons. The molecule has 0 spiro atoms. The van der Waals surface area contributed by atoms with Crippen LogP contribution >= 0.6 is 0 Å². The molecule has 0 saturated heterocycles. The molecule has 1 aromatic heterocycles. The standard InChI is InChI=1S/C18H21N3O4/c1-5-25-18(24)16-10(2)15(11(3)19-16)17(23)21-14-8-6-7-13(9-14)20-12(4)22/h6-9,19H,5H2,1-4H3,(H,20,22)(H,21,23). The van der Waals surface area contributed by atoms with Gasteiger partial charge in [0.15, 0.2) is 0 Å². The predicted molar refractivity (Wildman–Crippen MR) is 94.9 cm³/mol. The summed E-state index contributed by atoms with van der Waals surface area (Å²) < 4.78 is 4.99. The summed E-state index contributed by atoms with van der Waals surface area (Å²) >= 11 is 0. The van der Waals surface area contributed by atoms with Gasteiger partial charge in [-0.3, -0.25) is 9.59 Å². The Morgan fingerprint density at radius 3 is 2.36 bits per heavy atom. The summed E-state index contributed by atoms with van der Waals surface area (Å²) in [6.07, 6.45) is 0. The minimum Gasteiger partial charge on any atom is -0.461 e. The van der Waals surface area contributed by atoms with Crippen LogP contribution in [-0.2, 0) is 9.53 Å². The van der Waals surface area contributed by atoms with Gasteiger partial charge in [-0.2, -0.15) is 0 Å². The van der Waals surface area contributed by atoms with E-state index in [2.05, 4.69) is 15.6 Å². The fourth-order valence-electron chi connectivity index (χ4n) is 2.57. The minimum absolute atomic E-state index is 0.195. The molecular formula is C18H21N3O4. The molecule has 0 unspecified atom stereocenters. The maximum absolute atomic E-state index is 12.6. The number of H-pyrrole nitrogens is 1. The summed E-state index contributed by atoms with van der Waals surface area (Å²) in [6, 6.07) is 6.82. The maximum atomic E-state index is 12.6. The van der Waals surface area contributed by atoms with Crippen LogP contribution in [0.2, 0.25) is 0 Å². The van der Waals surface area contributed by atoms with Gasteiger partial charge in [0.1, 0.15) is 5.69 Å². The molecule has 0 fully saturated rings. The normalized spacial score (nSPS) is 10.2. The minimum atomic E-state index is -0.491. The van der Waals surface area contributed by atoms with E-state index in [0.717, 1.165) is 0 Å². The molecule has 7 nitrogen and oxygen atoms in total. The van der Waals surface area contributed by atoms with Crippen LogP contribution in [0.3, 0.4) is 0 Å². The van der Waals surface area contributed by atoms with Crippen LogP contribution in [0.15, 0.2) is 24.3 Å². The van der Waals surface area contributed by atoms with Gasteiger partial charge in [-0.05, 0) is 44.5 Å². The van der Waals surface area contributed by atoms with Crippen molar-refractivity contribution in [3.8, 4) is 0 Å². The SMILES string of the molecule is CCOC(=O)c1[nH]c(C)c(C(=O)Nc2cccc(NC(C)=O)c2)c1C. The van der Waals surface area contributed by atoms with Crippen molar-refractivity contribution in [3.05, 3.63) is 46.8 Å². The average Bonchev–Trinajstić information content (AvgIpc) is 2.82. The monoisotopic (exact) mass is 343 g/mol. The quantitative estimate of drug-likeness (QED) is 0.727. The van der Waals surface area contributed by atoms with Crippen LogP contribution in [0.1, 0.15) is 46.0 Å². The third kappa shape index (κ3) is 4.26. The lowest BCUT2D eigenvalue weighted by Crippen LogP contribution is -2.14. The fraction of sp³-hybridized carbons (Fsp3) is 0.278. The van der Waals surface area contributed by atoms with E-state index < -0.39 is 5.97 Å². The van der Waals surface area contributed by atoms with Gasteiger partial charge in [0.25, 0.3) is 5.91 Å². The van der Waals surface area contributed by atoms with E-state index in [1.54, 1.807) is 45.0 Å². The molecule has 0 bridgehead atoms. The first-order valence-electron chi connectivity index (χ1n) is 7.88. The highest BCUT2D eigenvalue weighted by atomic mass is 16.5. The molecule has 7 heteroatoms. The third-order valence-electron chi connectivity index (χ3n) is 3.58. The number of carbonyl (C=O) groups excluding carboxylic acids is 3. The Balaban J connectivity index is 2.24. The van der Waals surface area contributed by atoms with E-state index in [1.807, 2.05) is 0 Å². The number of aromatic amines is 1. The Morgan fingerprint density at radius 2 is 1.76 bits per heavy atom. The molecule has 0 aliphatic rings. The highest BCUT2D eigenvalue weighted by Crippen LogP contribution is 2.21. The second-order valence-corrected chi connectivity index (χ2v) is 5.56. The molecule has 25 heavy (non-hydrogen) atoms. The Hall–Kier alpha value is -3.09. The molecule has 0 aliphatic carbocycles. The smallest absolute Gasteiger partial charge is 0.355 e. The highest BCUT2D eigenvalue weighted by Gasteiger charge is 2.22. The van der Waals surface area contributed by atoms with Crippen LogP contribution < -0.4 is 10.6 Å². The molecule has 0 atom stereocenters. The predicted octanol–water partition coefficient (Wildman–Crippen LogP) is 3.02. The zero-order valence-corrected chi connectivity index (χ0v) is 14.6. The van der Waals surface area contributed by atoms with E-state index in [9.17, 15) is 14.4 Å². The van der Waals surface area contributed by atoms with E-state index in [1.165, 1.54) is 6.92 Å². The lowest BCUT2D eigenvalue weighted by Gasteiger charge is -2.08. The van der Waals surface area contributed by atoms with Crippen LogP contribution in [0, 0.1) is 13.8 Å². The third-order valence-corrected chi connectivity index (χ3v) is 3.58. The Labute approximate surface area is 145 Å². The number of nitrogens with one attached hydrogen (secondary N) is 3. The molecule has 0 aliphatic heterocycles. The van der Waals surface area contributed by atoms with Crippen molar-refractivity contribution in [1.29, 1.82) is 0 Å². The fourth-order valence-corrected chi connectivity index (χ4v) is 2.57. The maximum Gasteiger partial charge on any atom is 0.355 e. The van der Waals surface area contributed by atoms with Crippen molar-refractivity contribution in [2.45, 2.75) is 27.7 Å². The summed E-state index contributed by atoms with van der Waals surface area (Å²) in [5, 5.41) is 5.43. The molecule has 0 radical (unpaired) electrons. The topological polar surface area (TPSA) is 100 Å². The number of ether oxygens (including phenoxy) is 1. The Kier molecular flexibility index (Phi) is 5.59. The van der Waals surface area contributed by atoms with Crippen LogP contribution in [0.25, 0.3) is 0 Å². The number of anilines is 2. The molecule has 2 amide bonds. The number of esters is 1. The van der Waals surface area contributed by atoms with E-state index in [4.69, 9.17) is 4.74 Å². The van der Waals surface area contributed by atoms with Gasteiger partial charge >= 0.3 is 5.97 Å². The first-order chi connectivity index (χ1) is 11.8. The van der Waals surface area contributed by atoms with Gasteiger partial charge in [0, 0.05) is 24.0 Å². The van der Waals surface area contributed by atoms with Crippen molar-refractivity contribution >= 4 is 29.2 Å². The first kappa shape index (κ1) is 18.3. The zero-order chi connectivity index (χ0) is 18.6. The van der Waals surface area contributed by atoms with Gasteiger partial charge in [-0.1, -0.05) is 6.07 Å². The van der Waals surface area contributed by atoms with Crippen molar-refractivity contribution in [1.82, 2.24) is 4.98 Å². The van der Waals surface area contributed by atoms with E-state index >= 15 is 0 Å². The number of hydrogen-bond acceptors (Lipinski definition) is 4. The number of aryl methyl sites for hydroxylation is 1. The Bertz CT molecular complexity index is 824. The van der Waals surface area contributed by atoms with Crippen LogP contribution in [-0.4, -0.2) is 29.4 Å².